The van der Waals surface area contributed by atoms with Crippen LogP contribution >= 0.6 is 11.3 Å². The Morgan fingerprint density at radius 1 is 1.33 bits per heavy atom. The van der Waals surface area contributed by atoms with Crippen molar-refractivity contribution in [2.24, 2.45) is 0 Å². The molecule has 2 heterocycles. The first-order valence-electron chi connectivity index (χ1n) is 6.50. The summed E-state index contributed by atoms with van der Waals surface area (Å²) in [6.07, 6.45) is 0. The zero-order valence-corrected chi connectivity index (χ0v) is 12.6. The molecular formula is C15H15N3O2S. The van der Waals surface area contributed by atoms with Gasteiger partial charge in [0.25, 0.3) is 0 Å². The Kier molecular flexibility index (Phi) is 3.87. The van der Waals surface area contributed by atoms with Gasteiger partial charge in [-0.05, 0) is 36.1 Å². The van der Waals surface area contributed by atoms with Crippen LogP contribution in [0.5, 0.6) is 5.75 Å². The summed E-state index contributed by atoms with van der Waals surface area (Å²) in [5.41, 5.74) is 3.04. The predicted molar refractivity (Wildman–Crippen MR) is 82.7 cm³/mol. The Hall–Kier alpha value is -2.34. The maximum Gasteiger partial charge on any atom is 0.246 e. The first-order valence-corrected chi connectivity index (χ1v) is 7.44. The summed E-state index contributed by atoms with van der Waals surface area (Å²) in [5, 5.41) is 11.2. The fourth-order valence-electron chi connectivity index (χ4n) is 1.97. The molecule has 1 N–H and O–H groups in total. The van der Waals surface area contributed by atoms with Gasteiger partial charge in [0.05, 0.1) is 19.3 Å². The zero-order valence-electron chi connectivity index (χ0n) is 11.8. The van der Waals surface area contributed by atoms with Crippen molar-refractivity contribution in [2.45, 2.75) is 13.5 Å². The number of hydrogen-bond acceptors (Lipinski definition) is 6. The highest BCUT2D eigenvalue weighted by molar-refractivity contribution is 7.08. The molecule has 0 atom stereocenters. The third-order valence-electron chi connectivity index (χ3n) is 3.03. The van der Waals surface area contributed by atoms with Crippen molar-refractivity contribution in [1.29, 1.82) is 0 Å². The van der Waals surface area contributed by atoms with Gasteiger partial charge >= 0.3 is 0 Å². The van der Waals surface area contributed by atoms with Crippen LogP contribution in [0.1, 0.15) is 11.5 Å². The fourth-order valence-corrected chi connectivity index (χ4v) is 2.60. The molecule has 0 spiro atoms. The molecule has 0 bridgehead atoms. The quantitative estimate of drug-likeness (QED) is 0.778. The first-order chi connectivity index (χ1) is 10.3. The Morgan fingerprint density at radius 3 is 3.00 bits per heavy atom. The maximum atomic E-state index is 5.33. The van der Waals surface area contributed by atoms with Crippen LogP contribution in [0.3, 0.4) is 0 Å². The van der Waals surface area contributed by atoms with E-state index < -0.39 is 0 Å². The van der Waals surface area contributed by atoms with E-state index in [0.717, 1.165) is 22.6 Å². The SMILES string of the molecule is COc1ccc(C)cc1NCc1nc(-c2ccsc2)no1. The summed E-state index contributed by atoms with van der Waals surface area (Å²) in [7, 11) is 1.65. The topological polar surface area (TPSA) is 60.2 Å². The average Bonchev–Trinajstić information content (AvgIpc) is 3.16. The van der Waals surface area contributed by atoms with Crippen molar-refractivity contribution in [3.63, 3.8) is 0 Å². The van der Waals surface area contributed by atoms with Gasteiger partial charge in [-0.25, -0.2) is 0 Å². The summed E-state index contributed by atoms with van der Waals surface area (Å²) in [5.74, 6) is 1.95. The number of hydrogen-bond donors (Lipinski definition) is 1. The standard InChI is InChI=1S/C15H15N3O2S/c1-10-3-4-13(19-2)12(7-10)16-8-14-17-15(18-20-14)11-5-6-21-9-11/h3-7,9,16H,8H2,1-2H3. The van der Waals surface area contributed by atoms with Crippen LogP contribution in [-0.4, -0.2) is 17.3 Å². The second-order valence-corrected chi connectivity index (χ2v) is 5.36. The molecular weight excluding hydrogens is 286 g/mol. The Bertz CT molecular complexity index is 722. The highest BCUT2D eigenvalue weighted by atomic mass is 32.1. The molecule has 0 saturated carbocycles. The number of benzene rings is 1. The number of nitrogens with zero attached hydrogens (tertiary/aromatic N) is 2. The van der Waals surface area contributed by atoms with Gasteiger partial charge in [-0.15, -0.1) is 0 Å². The van der Waals surface area contributed by atoms with Crippen LogP contribution in [0.25, 0.3) is 11.4 Å². The van der Waals surface area contributed by atoms with Crippen molar-refractivity contribution in [3.05, 3.63) is 46.5 Å². The number of ether oxygens (including phenoxy) is 1. The van der Waals surface area contributed by atoms with Gasteiger partial charge in [0.1, 0.15) is 5.75 Å². The van der Waals surface area contributed by atoms with Crippen molar-refractivity contribution < 1.29 is 9.26 Å². The number of thiophene rings is 1. The van der Waals surface area contributed by atoms with Crippen molar-refractivity contribution >= 4 is 17.0 Å². The first kappa shape index (κ1) is 13.6. The highest BCUT2D eigenvalue weighted by Crippen LogP contribution is 2.26. The molecule has 0 radical (unpaired) electrons. The molecule has 2 aromatic heterocycles. The number of nitrogens with one attached hydrogen (secondary N) is 1. The molecule has 0 aliphatic rings. The summed E-state index contributed by atoms with van der Waals surface area (Å²) in [4.78, 5) is 4.37. The highest BCUT2D eigenvalue weighted by Gasteiger charge is 2.10. The van der Waals surface area contributed by atoms with Gasteiger partial charge in [-0.1, -0.05) is 11.2 Å². The third-order valence-corrected chi connectivity index (χ3v) is 3.72. The van der Waals surface area contributed by atoms with Gasteiger partial charge in [0.15, 0.2) is 0 Å². The molecule has 0 amide bonds. The fraction of sp³-hybridized carbons (Fsp3) is 0.200. The lowest BCUT2D eigenvalue weighted by Crippen LogP contribution is -2.02. The molecule has 108 valence electrons. The largest absolute Gasteiger partial charge is 0.495 e. The Balaban J connectivity index is 1.72. The molecule has 0 aliphatic heterocycles. The van der Waals surface area contributed by atoms with Gasteiger partial charge < -0.3 is 14.6 Å². The van der Waals surface area contributed by atoms with Crippen LogP contribution in [0, 0.1) is 6.92 Å². The number of methoxy groups -OCH3 is 1. The van der Waals surface area contributed by atoms with E-state index >= 15 is 0 Å². The molecule has 3 aromatic rings. The molecule has 0 aliphatic carbocycles. The van der Waals surface area contributed by atoms with Crippen LogP contribution < -0.4 is 10.1 Å². The summed E-state index contributed by atoms with van der Waals surface area (Å²) >= 11 is 1.61. The summed E-state index contributed by atoms with van der Waals surface area (Å²) in [6, 6.07) is 7.93. The Morgan fingerprint density at radius 2 is 2.24 bits per heavy atom. The predicted octanol–water partition coefficient (Wildman–Crippen LogP) is 3.73. The van der Waals surface area contributed by atoms with E-state index in [0.29, 0.717) is 18.3 Å². The molecule has 3 rings (SSSR count). The van der Waals surface area contributed by atoms with Crippen LogP contribution in [0.2, 0.25) is 0 Å². The van der Waals surface area contributed by atoms with Crippen molar-refractivity contribution in [1.82, 2.24) is 10.1 Å². The van der Waals surface area contributed by atoms with E-state index in [2.05, 4.69) is 15.5 Å². The normalized spacial score (nSPS) is 10.6. The number of rotatable bonds is 5. The van der Waals surface area contributed by atoms with Crippen LogP contribution in [-0.2, 0) is 6.54 Å². The number of aryl methyl sites for hydroxylation is 1. The van der Waals surface area contributed by atoms with Gasteiger partial charge in [0, 0.05) is 10.9 Å². The molecule has 1 aromatic carbocycles. The van der Waals surface area contributed by atoms with E-state index in [1.54, 1.807) is 18.4 Å². The Labute approximate surface area is 126 Å². The second kappa shape index (κ2) is 5.97. The molecule has 0 fully saturated rings. The lowest BCUT2D eigenvalue weighted by molar-refractivity contribution is 0.383. The molecule has 0 saturated heterocycles. The van der Waals surface area contributed by atoms with Gasteiger partial charge in [0.2, 0.25) is 11.7 Å². The van der Waals surface area contributed by atoms with Crippen molar-refractivity contribution in [3.8, 4) is 17.1 Å². The maximum absolute atomic E-state index is 5.33. The monoisotopic (exact) mass is 301 g/mol. The minimum Gasteiger partial charge on any atom is -0.495 e. The molecule has 5 nitrogen and oxygen atoms in total. The number of aromatic nitrogens is 2. The van der Waals surface area contributed by atoms with E-state index in [1.807, 2.05) is 41.9 Å². The van der Waals surface area contributed by atoms with E-state index in [4.69, 9.17) is 9.26 Å². The van der Waals surface area contributed by atoms with E-state index in [1.165, 1.54) is 0 Å². The van der Waals surface area contributed by atoms with Gasteiger partial charge in [-0.3, -0.25) is 0 Å². The van der Waals surface area contributed by atoms with E-state index in [-0.39, 0.29) is 0 Å². The summed E-state index contributed by atoms with van der Waals surface area (Å²) in [6.45, 7) is 2.49. The van der Waals surface area contributed by atoms with Crippen molar-refractivity contribution in [2.75, 3.05) is 12.4 Å². The van der Waals surface area contributed by atoms with E-state index in [9.17, 15) is 0 Å². The molecule has 21 heavy (non-hydrogen) atoms. The van der Waals surface area contributed by atoms with Crippen LogP contribution in [0.15, 0.2) is 39.5 Å². The smallest absolute Gasteiger partial charge is 0.246 e. The summed E-state index contributed by atoms with van der Waals surface area (Å²) < 4.78 is 10.6. The lowest BCUT2D eigenvalue weighted by atomic mass is 10.2. The minimum atomic E-state index is 0.455. The van der Waals surface area contributed by atoms with Crippen LogP contribution in [0.4, 0.5) is 5.69 Å². The molecule has 0 unspecified atom stereocenters. The zero-order chi connectivity index (χ0) is 14.7. The lowest BCUT2D eigenvalue weighted by Gasteiger charge is -2.10. The average molecular weight is 301 g/mol. The van der Waals surface area contributed by atoms with Gasteiger partial charge in [-0.2, -0.15) is 16.3 Å². The second-order valence-electron chi connectivity index (χ2n) is 4.58. The molecule has 6 heteroatoms. The minimum absolute atomic E-state index is 0.455. The third kappa shape index (κ3) is 3.05. The number of anilines is 1.